The van der Waals surface area contributed by atoms with Gasteiger partial charge >= 0.3 is 0 Å². The van der Waals surface area contributed by atoms with Crippen molar-refractivity contribution in [1.82, 2.24) is 4.98 Å². The van der Waals surface area contributed by atoms with Gasteiger partial charge in [0.05, 0.1) is 17.1 Å². The molecule has 154 valence electrons. The van der Waals surface area contributed by atoms with Crippen LogP contribution in [-0.2, 0) is 6.42 Å². The van der Waals surface area contributed by atoms with Crippen molar-refractivity contribution in [3.8, 4) is 0 Å². The molecule has 3 heteroatoms. The topological polar surface area (TPSA) is 40.5 Å². The number of aliphatic imine (C=N–C) groups is 2. The Hall–Kier alpha value is -2.42. The van der Waals surface area contributed by atoms with Gasteiger partial charge in [-0.15, -0.1) is 0 Å². The van der Waals surface area contributed by atoms with E-state index in [1.165, 1.54) is 44.8 Å². The maximum absolute atomic E-state index is 5.08. The molecule has 2 aliphatic heterocycles. The van der Waals surface area contributed by atoms with Crippen molar-refractivity contribution in [2.45, 2.75) is 81.1 Å². The summed E-state index contributed by atoms with van der Waals surface area (Å²) in [6.07, 6.45) is 8.49. The van der Waals surface area contributed by atoms with E-state index >= 15 is 0 Å². The Bertz CT molecular complexity index is 1020. The standard InChI is InChI=1S/C26H35N3/c1-9-19-15(5)23(27-17(19)7)13-25-21(11-3)22(12-4)26(29-25)14-24-16(6)20(10-2)18(8)28-24/h13-14,27H,9-12H2,1-8H3/b24-14-,25-13-. The van der Waals surface area contributed by atoms with Crippen LogP contribution in [-0.4, -0.2) is 16.4 Å². The molecule has 2 aliphatic rings. The van der Waals surface area contributed by atoms with Crippen LogP contribution in [0.4, 0.5) is 0 Å². The van der Waals surface area contributed by atoms with Gasteiger partial charge in [0, 0.05) is 17.1 Å². The number of nitrogens with zero attached hydrogens (tertiary/aromatic N) is 2. The molecule has 0 radical (unpaired) electrons. The van der Waals surface area contributed by atoms with Crippen LogP contribution in [0.1, 0.15) is 83.3 Å². The van der Waals surface area contributed by atoms with Crippen LogP contribution < -0.4 is 0 Å². The second kappa shape index (κ2) is 8.52. The largest absolute Gasteiger partial charge is 0.359 e. The van der Waals surface area contributed by atoms with Gasteiger partial charge in [-0.1, -0.05) is 27.7 Å². The summed E-state index contributed by atoms with van der Waals surface area (Å²) in [6.45, 7) is 17.5. The van der Waals surface area contributed by atoms with Crippen LogP contribution in [0.3, 0.4) is 0 Å². The summed E-state index contributed by atoms with van der Waals surface area (Å²) in [4.78, 5) is 13.5. The van der Waals surface area contributed by atoms with E-state index < -0.39 is 0 Å². The molecule has 1 aromatic rings. The number of allylic oxidation sites excluding steroid dienone is 5. The fourth-order valence-corrected chi connectivity index (χ4v) is 4.78. The van der Waals surface area contributed by atoms with Gasteiger partial charge in [0.15, 0.2) is 0 Å². The van der Waals surface area contributed by atoms with Crippen LogP contribution in [0.2, 0.25) is 0 Å². The van der Waals surface area contributed by atoms with Crippen molar-refractivity contribution in [3.63, 3.8) is 0 Å². The number of aryl methyl sites for hydroxylation is 1. The summed E-state index contributed by atoms with van der Waals surface area (Å²) in [5, 5.41) is 0. The van der Waals surface area contributed by atoms with Crippen LogP contribution in [0.5, 0.6) is 0 Å². The number of aromatic amines is 1. The van der Waals surface area contributed by atoms with E-state index in [4.69, 9.17) is 9.98 Å². The third-order valence-electron chi connectivity index (χ3n) is 6.39. The Kier molecular flexibility index (Phi) is 6.26. The van der Waals surface area contributed by atoms with E-state index in [-0.39, 0.29) is 0 Å². The molecule has 3 heterocycles. The lowest BCUT2D eigenvalue weighted by atomic mass is 9.97. The normalized spacial score (nSPS) is 19.9. The first-order valence-electron chi connectivity index (χ1n) is 11.0. The van der Waals surface area contributed by atoms with Crippen molar-refractivity contribution < 1.29 is 0 Å². The Labute approximate surface area is 176 Å². The first-order valence-corrected chi connectivity index (χ1v) is 11.0. The summed E-state index contributed by atoms with van der Waals surface area (Å²) in [7, 11) is 0. The summed E-state index contributed by atoms with van der Waals surface area (Å²) >= 11 is 0. The molecule has 29 heavy (non-hydrogen) atoms. The Balaban J connectivity index is 2.10. The maximum Gasteiger partial charge on any atom is 0.0694 e. The van der Waals surface area contributed by atoms with E-state index in [1.54, 1.807) is 0 Å². The Morgan fingerprint density at radius 1 is 0.724 bits per heavy atom. The minimum atomic E-state index is 0.984. The summed E-state index contributed by atoms with van der Waals surface area (Å²) in [5.41, 5.74) is 15.0. The number of hydrogen-bond acceptors (Lipinski definition) is 2. The third kappa shape index (κ3) is 3.75. The van der Waals surface area contributed by atoms with Gasteiger partial charge < -0.3 is 4.98 Å². The zero-order valence-corrected chi connectivity index (χ0v) is 19.4. The predicted molar refractivity (Wildman–Crippen MR) is 127 cm³/mol. The van der Waals surface area contributed by atoms with Crippen LogP contribution in [0.15, 0.2) is 49.7 Å². The Morgan fingerprint density at radius 2 is 1.38 bits per heavy atom. The van der Waals surface area contributed by atoms with Gasteiger partial charge in [0.25, 0.3) is 0 Å². The molecule has 0 amide bonds. The van der Waals surface area contributed by atoms with E-state index in [2.05, 4.69) is 72.5 Å². The molecule has 1 N–H and O–H groups in total. The zero-order valence-electron chi connectivity index (χ0n) is 19.4. The first-order chi connectivity index (χ1) is 13.9. The summed E-state index contributed by atoms with van der Waals surface area (Å²) in [6, 6.07) is 0. The van der Waals surface area contributed by atoms with Gasteiger partial charge in [0.2, 0.25) is 0 Å². The highest BCUT2D eigenvalue weighted by molar-refractivity contribution is 6.14. The van der Waals surface area contributed by atoms with Gasteiger partial charge in [-0.05, 0) is 98.9 Å². The van der Waals surface area contributed by atoms with Crippen molar-refractivity contribution in [2.75, 3.05) is 0 Å². The van der Waals surface area contributed by atoms with Gasteiger partial charge in [0.1, 0.15) is 0 Å². The fraction of sp³-hybridized carbons (Fsp3) is 0.462. The molecule has 0 aromatic carbocycles. The van der Waals surface area contributed by atoms with Crippen LogP contribution in [0.25, 0.3) is 6.08 Å². The molecule has 0 bridgehead atoms. The Morgan fingerprint density at radius 3 is 1.90 bits per heavy atom. The lowest BCUT2D eigenvalue weighted by molar-refractivity contribution is 1.06. The van der Waals surface area contributed by atoms with Crippen LogP contribution in [0, 0.1) is 13.8 Å². The smallest absolute Gasteiger partial charge is 0.0694 e. The summed E-state index contributed by atoms with van der Waals surface area (Å²) in [5.74, 6) is 0. The maximum atomic E-state index is 5.08. The van der Waals surface area contributed by atoms with Gasteiger partial charge in [-0.2, -0.15) is 0 Å². The molecule has 3 nitrogen and oxygen atoms in total. The monoisotopic (exact) mass is 389 g/mol. The summed E-state index contributed by atoms with van der Waals surface area (Å²) < 4.78 is 0. The lowest BCUT2D eigenvalue weighted by Gasteiger charge is -2.05. The quantitative estimate of drug-likeness (QED) is 0.535. The highest BCUT2D eigenvalue weighted by atomic mass is 14.8. The van der Waals surface area contributed by atoms with Crippen molar-refractivity contribution in [3.05, 3.63) is 62.3 Å². The van der Waals surface area contributed by atoms with E-state index in [9.17, 15) is 0 Å². The van der Waals surface area contributed by atoms with Gasteiger partial charge in [-0.25, -0.2) is 4.99 Å². The predicted octanol–water partition coefficient (Wildman–Crippen LogP) is 7.19. The highest BCUT2D eigenvalue weighted by Gasteiger charge is 2.23. The minimum Gasteiger partial charge on any atom is -0.359 e. The third-order valence-corrected chi connectivity index (χ3v) is 6.39. The molecule has 0 spiro atoms. The molecule has 0 aliphatic carbocycles. The molecule has 3 rings (SSSR count). The number of hydrogen-bond donors (Lipinski definition) is 1. The van der Waals surface area contributed by atoms with E-state index in [0.29, 0.717) is 0 Å². The molecule has 0 unspecified atom stereocenters. The van der Waals surface area contributed by atoms with Crippen molar-refractivity contribution in [1.29, 1.82) is 0 Å². The number of rotatable bonds is 6. The van der Waals surface area contributed by atoms with E-state index in [1.807, 2.05) is 0 Å². The highest BCUT2D eigenvalue weighted by Crippen LogP contribution is 2.35. The molecule has 0 fully saturated rings. The van der Waals surface area contributed by atoms with Gasteiger partial charge in [-0.3, -0.25) is 4.99 Å². The van der Waals surface area contributed by atoms with E-state index in [0.717, 1.165) is 48.5 Å². The molecular weight excluding hydrogens is 354 g/mol. The second-order valence-corrected chi connectivity index (χ2v) is 8.00. The average molecular weight is 390 g/mol. The van der Waals surface area contributed by atoms with Crippen LogP contribution >= 0.6 is 0 Å². The average Bonchev–Trinajstić information content (AvgIpc) is 3.26. The molecule has 0 saturated heterocycles. The second-order valence-electron chi connectivity index (χ2n) is 8.00. The first kappa shape index (κ1) is 21.3. The SMILES string of the molecule is CCC1=C(C)/C(=C/C2=NC(=C\c3[nH]c(C)c(CC)c3C)/C(CC)=C2CC)N=C1C. The number of aromatic nitrogens is 1. The zero-order chi connectivity index (χ0) is 21.3. The fourth-order valence-electron chi connectivity index (χ4n) is 4.78. The molecule has 1 aromatic heterocycles. The minimum absolute atomic E-state index is 0.984. The van der Waals surface area contributed by atoms with Crippen molar-refractivity contribution in [2.24, 2.45) is 9.98 Å². The number of nitrogens with one attached hydrogen (secondary N) is 1. The van der Waals surface area contributed by atoms with Crippen molar-refractivity contribution >= 4 is 17.5 Å². The molecular formula is C26H35N3. The lowest BCUT2D eigenvalue weighted by Crippen LogP contribution is -1.98. The number of H-pyrrole nitrogens is 1. The molecule has 0 saturated carbocycles. The molecule has 0 atom stereocenters.